The molecule has 1 N–H and O–H groups in total. The average molecular weight is 202 g/mol. The van der Waals surface area contributed by atoms with Crippen LogP contribution in [-0.4, -0.2) is 5.11 Å². The summed E-state index contributed by atoms with van der Waals surface area (Å²) in [6, 6.07) is 7.37. The Bertz CT molecular complexity index is 361. The molecule has 0 amide bonds. The van der Waals surface area contributed by atoms with Crippen molar-refractivity contribution >= 4 is 5.57 Å². The Kier molecular flexibility index (Phi) is 4.69. The van der Waals surface area contributed by atoms with Crippen LogP contribution >= 0.6 is 0 Å². The predicted octanol–water partition coefficient (Wildman–Crippen LogP) is 4.15. The van der Waals surface area contributed by atoms with E-state index in [0.29, 0.717) is 5.75 Å². The second-order valence-corrected chi connectivity index (χ2v) is 3.19. The van der Waals surface area contributed by atoms with E-state index in [4.69, 9.17) is 0 Å². The first-order chi connectivity index (χ1) is 7.36. The lowest BCUT2D eigenvalue weighted by atomic mass is 10.00. The summed E-state index contributed by atoms with van der Waals surface area (Å²) in [7, 11) is 0. The van der Waals surface area contributed by atoms with Crippen molar-refractivity contribution in [1.29, 1.82) is 0 Å². The van der Waals surface area contributed by atoms with Gasteiger partial charge < -0.3 is 5.11 Å². The van der Waals surface area contributed by atoms with Gasteiger partial charge in [-0.3, -0.25) is 0 Å². The molecule has 1 aromatic rings. The van der Waals surface area contributed by atoms with Crippen molar-refractivity contribution in [3.8, 4) is 5.75 Å². The maximum absolute atomic E-state index is 9.29. The van der Waals surface area contributed by atoms with Crippen molar-refractivity contribution < 1.29 is 5.11 Å². The number of aromatic hydroxyl groups is 1. The number of hydrogen-bond acceptors (Lipinski definition) is 1. The van der Waals surface area contributed by atoms with Crippen LogP contribution in [0, 0.1) is 0 Å². The van der Waals surface area contributed by atoms with Crippen LogP contribution in [0.25, 0.3) is 5.57 Å². The van der Waals surface area contributed by atoms with E-state index in [1.165, 1.54) is 5.57 Å². The van der Waals surface area contributed by atoms with Gasteiger partial charge in [-0.2, -0.15) is 0 Å². The molecule has 1 aliphatic carbocycles. The number of hydrogen-bond donors (Lipinski definition) is 1. The molecule has 2 rings (SSSR count). The molecule has 0 heterocycles. The molecule has 15 heavy (non-hydrogen) atoms. The summed E-state index contributed by atoms with van der Waals surface area (Å²) in [6.07, 6.45) is 8.70. The van der Waals surface area contributed by atoms with Gasteiger partial charge in [0.1, 0.15) is 5.75 Å². The monoisotopic (exact) mass is 202 g/mol. The van der Waals surface area contributed by atoms with Gasteiger partial charge in [-0.05, 0) is 36.1 Å². The second-order valence-electron chi connectivity index (χ2n) is 3.19. The number of phenolic OH excluding ortho intramolecular Hbond substituents is 1. The van der Waals surface area contributed by atoms with E-state index in [-0.39, 0.29) is 0 Å². The first-order valence-electron chi connectivity index (χ1n) is 5.52. The Morgan fingerprint density at radius 3 is 2.53 bits per heavy atom. The van der Waals surface area contributed by atoms with Gasteiger partial charge in [-0.15, -0.1) is 0 Å². The molecule has 1 aromatic carbocycles. The number of rotatable bonds is 1. The standard InChI is InChI=1S/C12H12O.C2H6/c13-12-8-4-7-11(9-12)10-5-2-1-3-6-10;1-2/h2,4-9,13H,1,3H2;1-2H3. The van der Waals surface area contributed by atoms with Gasteiger partial charge in [0.15, 0.2) is 0 Å². The number of benzene rings is 1. The molecule has 0 fully saturated rings. The summed E-state index contributed by atoms with van der Waals surface area (Å²) >= 11 is 0. The highest BCUT2D eigenvalue weighted by Gasteiger charge is 2.00. The van der Waals surface area contributed by atoms with Crippen molar-refractivity contribution in [1.82, 2.24) is 0 Å². The van der Waals surface area contributed by atoms with Crippen LogP contribution < -0.4 is 0 Å². The Balaban J connectivity index is 0.000000531. The highest BCUT2D eigenvalue weighted by Crippen LogP contribution is 2.23. The molecule has 0 spiro atoms. The maximum Gasteiger partial charge on any atom is 0.116 e. The molecule has 0 bridgehead atoms. The average Bonchev–Trinajstić information content (AvgIpc) is 2.33. The van der Waals surface area contributed by atoms with Gasteiger partial charge in [-0.25, -0.2) is 0 Å². The van der Waals surface area contributed by atoms with Gasteiger partial charge in [-0.1, -0.05) is 44.2 Å². The van der Waals surface area contributed by atoms with Crippen LogP contribution in [0.5, 0.6) is 5.75 Å². The second kappa shape index (κ2) is 6.07. The van der Waals surface area contributed by atoms with Gasteiger partial charge in [0.05, 0.1) is 0 Å². The van der Waals surface area contributed by atoms with E-state index in [2.05, 4.69) is 18.2 Å². The van der Waals surface area contributed by atoms with Crippen molar-refractivity contribution in [2.75, 3.05) is 0 Å². The minimum absolute atomic E-state index is 0.331. The van der Waals surface area contributed by atoms with E-state index in [1.807, 2.05) is 26.0 Å². The molecule has 0 aromatic heterocycles. The Labute approximate surface area is 91.8 Å². The zero-order chi connectivity index (χ0) is 11.1. The molecule has 80 valence electrons. The summed E-state index contributed by atoms with van der Waals surface area (Å²) in [6.45, 7) is 4.00. The van der Waals surface area contributed by atoms with Crippen molar-refractivity contribution in [3.63, 3.8) is 0 Å². The zero-order valence-electron chi connectivity index (χ0n) is 9.40. The molecule has 1 heteroatoms. The van der Waals surface area contributed by atoms with Gasteiger partial charge in [0.25, 0.3) is 0 Å². The first-order valence-corrected chi connectivity index (χ1v) is 5.52. The third-order valence-corrected chi connectivity index (χ3v) is 2.17. The Morgan fingerprint density at radius 1 is 1.13 bits per heavy atom. The molecular weight excluding hydrogens is 184 g/mol. The Hall–Kier alpha value is -1.50. The highest BCUT2D eigenvalue weighted by atomic mass is 16.3. The molecule has 0 saturated carbocycles. The summed E-state index contributed by atoms with van der Waals surface area (Å²) in [5.74, 6) is 0.331. The predicted molar refractivity (Wildman–Crippen MR) is 65.8 cm³/mol. The van der Waals surface area contributed by atoms with Crippen LogP contribution in [0.15, 0.2) is 42.5 Å². The largest absolute Gasteiger partial charge is 0.508 e. The van der Waals surface area contributed by atoms with Crippen molar-refractivity contribution in [3.05, 3.63) is 48.1 Å². The van der Waals surface area contributed by atoms with E-state index in [9.17, 15) is 5.11 Å². The summed E-state index contributed by atoms with van der Waals surface area (Å²) in [4.78, 5) is 0. The molecule has 0 radical (unpaired) electrons. The number of allylic oxidation sites excluding steroid dienone is 4. The molecule has 0 atom stereocenters. The summed E-state index contributed by atoms with van der Waals surface area (Å²) < 4.78 is 0. The third-order valence-electron chi connectivity index (χ3n) is 2.17. The zero-order valence-corrected chi connectivity index (χ0v) is 9.40. The lowest BCUT2D eigenvalue weighted by Crippen LogP contribution is -1.84. The van der Waals surface area contributed by atoms with Crippen molar-refractivity contribution in [2.24, 2.45) is 0 Å². The van der Waals surface area contributed by atoms with E-state index >= 15 is 0 Å². The van der Waals surface area contributed by atoms with Crippen LogP contribution in [-0.2, 0) is 0 Å². The van der Waals surface area contributed by atoms with Gasteiger partial charge in [0, 0.05) is 0 Å². The minimum atomic E-state index is 0.331. The fraction of sp³-hybridized carbons (Fsp3) is 0.286. The smallest absolute Gasteiger partial charge is 0.116 e. The van der Waals surface area contributed by atoms with Crippen molar-refractivity contribution in [2.45, 2.75) is 26.7 Å². The van der Waals surface area contributed by atoms with Crippen LogP contribution in [0.3, 0.4) is 0 Å². The highest BCUT2D eigenvalue weighted by molar-refractivity contribution is 5.75. The Morgan fingerprint density at radius 2 is 1.93 bits per heavy atom. The molecule has 0 unspecified atom stereocenters. The molecular formula is C14H18O. The van der Waals surface area contributed by atoms with Gasteiger partial charge >= 0.3 is 0 Å². The summed E-state index contributed by atoms with van der Waals surface area (Å²) in [5.41, 5.74) is 2.30. The van der Waals surface area contributed by atoms with Crippen LogP contribution in [0.4, 0.5) is 0 Å². The van der Waals surface area contributed by atoms with Gasteiger partial charge in [0.2, 0.25) is 0 Å². The number of phenols is 1. The van der Waals surface area contributed by atoms with E-state index < -0.39 is 0 Å². The SMILES string of the molecule is CC.Oc1cccc(C2=CCCC=C2)c1. The topological polar surface area (TPSA) is 20.2 Å². The van der Waals surface area contributed by atoms with E-state index in [0.717, 1.165) is 18.4 Å². The molecule has 1 nitrogen and oxygen atoms in total. The quantitative estimate of drug-likeness (QED) is 0.725. The fourth-order valence-electron chi connectivity index (χ4n) is 1.51. The summed E-state index contributed by atoms with van der Waals surface area (Å²) in [5, 5.41) is 9.29. The lowest BCUT2D eigenvalue weighted by molar-refractivity contribution is 0.475. The maximum atomic E-state index is 9.29. The molecule has 0 aliphatic heterocycles. The lowest BCUT2D eigenvalue weighted by Gasteiger charge is -2.06. The molecule has 0 saturated heterocycles. The van der Waals surface area contributed by atoms with Crippen LogP contribution in [0.2, 0.25) is 0 Å². The molecule has 1 aliphatic rings. The van der Waals surface area contributed by atoms with Crippen LogP contribution in [0.1, 0.15) is 32.3 Å². The first kappa shape index (κ1) is 11.6. The minimum Gasteiger partial charge on any atom is -0.508 e. The normalized spacial score (nSPS) is 13.9. The van der Waals surface area contributed by atoms with E-state index in [1.54, 1.807) is 12.1 Å². The third kappa shape index (κ3) is 3.28. The fourth-order valence-corrected chi connectivity index (χ4v) is 1.51.